The van der Waals surface area contributed by atoms with Gasteiger partial charge in [-0.1, -0.05) is 18.5 Å². The summed E-state index contributed by atoms with van der Waals surface area (Å²) in [6.07, 6.45) is 3.34. The molecule has 9 heteroatoms. The van der Waals surface area contributed by atoms with Crippen molar-refractivity contribution in [3.63, 3.8) is 0 Å². The Balaban J connectivity index is 1.37. The summed E-state index contributed by atoms with van der Waals surface area (Å²) in [5.41, 5.74) is 4.38. The number of hydrogen-bond donors (Lipinski definition) is 2. The predicted molar refractivity (Wildman–Crippen MR) is 147 cm³/mol. The van der Waals surface area contributed by atoms with Crippen molar-refractivity contribution in [1.82, 2.24) is 19.9 Å². The van der Waals surface area contributed by atoms with E-state index in [1.807, 2.05) is 42.2 Å². The van der Waals surface area contributed by atoms with Crippen LogP contribution in [0.5, 0.6) is 0 Å². The largest absolute Gasteiger partial charge is 0.369 e. The summed E-state index contributed by atoms with van der Waals surface area (Å²) in [5, 5.41) is 14.6. The van der Waals surface area contributed by atoms with Crippen LogP contribution < -0.4 is 15.1 Å². The molecule has 2 N–H and O–H groups in total. The van der Waals surface area contributed by atoms with Crippen LogP contribution in [0.3, 0.4) is 0 Å². The van der Waals surface area contributed by atoms with Gasteiger partial charge in [-0.3, -0.25) is 0 Å². The van der Waals surface area contributed by atoms with Crippen LogP contribution >= 0.6 is 11.6 Å². The van der Waals surface area contributed by atoms with E-state index < -0.39 is 0 Å². The first-order valence-corrected chi connectivity index (χ1v) is 12.6. The van der Waals surface area contributed by atoms with E-state index in [1.54, 1.807) is 12.4 Å². The van der Waals surface area contributed by atoms with Crippen LogP contribution in [0.2, 0.25) is 5.02 Å². The number of aromatic nitrogens is 3. The first-order chi connectivity index (χ1) is 17.6. The predicted octanol–water partition coefficient (Wildman–Crippen LogP) is 5.53. The lowest BCUT2D eigenvalue weighted by Gasteiger charge is -2.35. The summed E-state index contributed by atoms with van der Waals surface area (Å²) in [4.78, 5) is 19.2. The summed E-state index contributed by atoms with van der Waals surface area (Å²) >= 11 is 6.34. The minimum atomic E-state index is 0.407. The number of piperazine rings is 1. The molecule has 0 aliphatic carbocycles. The molecule has 0 radical (unpaired) electrons. The monoisotopic (exact) mass is 500 g/mol. The number of hydrogen-bond acceptors (Lipinski definition) is 7. The zero-order valence-corrected chi connectivity index (χ0v) is 21.3. The molecule has 0 amide bonds. The fourth-order valence-corrected chi connectivity index (χ4v) is 4.83. The number of anilines is 5. The molecule has 0 unspecified atom stereocenters. The molecule has 36 heavy (non-hydrogen) atoms. The number of nitriles is 1. The first kappa shape index (κ1) is 23.9. The molecule has 1 aliphatic heterocycles. The Morgan fingerprint density at radius 1 is 1.11 bits per heavy atom. The molecule has 2 aromatic heterocycles. The standard InChI is InChI=1S/C27H29ClN8/c1-3-34-11-13-35(14-12-34)21-7-5-20(6-8-21)32-27-31-17-19(16-29)26(33-27)36(4-2)22-9-10-25-23(15-22)24(28)18-30-25/h5-10,15,17-18,30H,3-4,11-14H2,1-2H3,(H,31,32,33). The Labute approximate surface area is 216 Å². The summed E-state index contributed by atoms with van der Waals surface area (Å²) < 4.78 is 0. The molecule has 5 rings (SSSR count). The third-order valence-electron chi connectivity index (χ3n) is 6.70. The second-order valence-corrected chi connectivity index (χ2v) is 9.15. The van der Waals surface area contributed by atoms with Gasteiger partial charge in [0.25, 0.3) is 0 Å². The fraction of sp³-hybridized carbons (Fsp3) is 0.296. The van der Waals surface area contributed by atoms with Crippen molar-refractivity contribution in [1.29, 1.82) is 5.26 Å². The minimum Gasteiger partial charge on any atom is -0.369 e. The van der Waals surface area contributed by atoms with Crippen LogP contribution in [0.1, 0.15) is 19.4 Å². The van der Waals surface area contributed by atoms with Crippen LogP contribution in [-0.2, 0) is 0 Å². The second kappa shape index (κ2) is 10.4. The Bertz CT molecular complexity index is 1380. The van der Waals surface area contributed by atoms with E-state index in [-0.39, 0.29) is 0 Å². The third-order valence-corrected chi connectivity index (χ3v) is 7.01. The number of halogens is 1. The average molecular weight is 501 g/mol. The van der Waals surface area contributed by atoms with Gasteiger partial charge in [-0.05, 0) is 55.9 Å². The molecule has 0 saturated carbocycles. The molecule has 3 heterocycles. The highest BCUT2D eigenvalue weighted by Gasteiger charge is 2.18. The van der Waals surface area contributed by atoms with Crippen molar-refractivity contribution < 1.29 is 0 Å². The van der Waals surface area contributed by atoms with Crippen molar-refractivity contribution in [3.05, 3.63) is 65.4 Å². The molecule has 0 bridgehead atoms. The van der Waals surface area contributed by atoms with Gasteiger partial charge in [-0.25, -0.2) is 4.98 Å². The molecule has 8 nitrogen and oxygen atoms in total. The number of benzene rings is 2. The molecule has 1 aliphatic rings. The summed E-state index contributed by atoms with van der Waals surface area (Å²) in [6, 6.07) is 16.6. The molecule has 4 aromatic rings. The van der Waals surface area contributed by atoms with Crippen molar-refractivity contribution in [2.45, 2.75) is 13.8 Å². The maximum atomic E-state index is 9.75. The van der Waals surface area contributed by atoms with E-state index in [9.17, 15) is 5.26 Å². The maximum absolute atomic E-state index is 9.75. The van der Waals surface area contributed by atoms with Crippen LogP contribution in [0.25, 0.3) is 10.9 Å². The van der Waals surface area contributed by atoms with Gasteiger partial charge in [0.15, 0.2) is 5.82 Å². The van der Waals surface area contributed by atoms with E-state index in [4.69, 9.17) is 16.6 Å². The highest BCUT2D eigenvalue weighted by molar-refractivity contribution is 6.35. The number of rotatable bonds is 7. The molecule has 2 aromatic carbocycles. The normalized spacial score (nSPS) is 14.1. The van der Waals surface area contributed by atoms with Gasteiger partial charge in [-0.2, -0.15) is 10.2 Å². The van der Waals surface area contributed by atoms with Crippen LogP contribution in [0.4, 0.5) is 28.8 Å². The Morgan fingerprint density at radius 2 is 1.89 bits per heavy atom. The van der Waals surface area contributed by atoms with Gasteiger partial charge >= 0.3 is 0 Å². The Kier molecular flexibility index (Phi) is 6.94. The van der Waals surface area contributed by atoms with Gasteiger partial charge < -0.3 is 25.0 Å². The third kappa shape index (κ3) is 4.81. The van der Waals surface area contributed by atoms with E-state index in [0.29, 0.717) is 28.9 Å². The number of fused-ring (bicyclic) bond motifs is 1. The first-order valence-electron chi connectivity index (χ1n) is 12.2. The van der Waals surface area contributed by atoms with Crippen LogP contribution in [0.15, 0.2) is 54.9 Å². The lowest BCUT2D eigenvalue weighted by molar-refractivity contribution is 0.271. The molecule has 0 spiro atoms. The van der Waals surface area contributed by atoms with E-state index in [0.717, 1.165) is 55.0 Å². The van der Waals surface area contributed by atoms with Gasteiger partial charge in [0.2, 0.25) is 5.95 Å². The van der Waals surface area contributed by atoms with E-state index >= 15 is 0 Å². The van der Waals surface area contributed by atoms with E-state index in [1.165, 1.54) is 5.69 Å². The summed E-state index contributed by atoms with van der Waals surface area (Å²) in [5.74, 6) is 0.987. The lowest BCUT2D eigenvalue weighted by atomic mass is 10.2. The van der Waals surface area contributed by atoms with Gasteiger partial charge in [0.05, 0.1) is 11.2 Å². The van der Waals surface area contributed by atoms with E-state index in [2.05, 4.69) is 50.2 Å². The smallest absolute Gasteiger partial charge is 0.229 e. The minimum absolute atomic E-state index is 0.407. The molecule has 1 saturated heterocycles. The Morgan fingerprint density at radius 3 is 2.58 bits per heavy atom. The van der Waals surface area contributed by atoms with Gasteiger partial charge in [0, 0.05) is 66.9 Å². The number of likely N-dealkylation sites (N-methyl/N-ethyl adjacent to an activating group) is 1. The SMILES string of the molecule is CCN1CCN(c2ccc(Nc3ncc(C#N)c(N(CC)c4ccc5[nH]cc(Cl)c5c4)n3)cc2)CC1. The highest BCUT2D eigenvalue weighted by atomic mass is 35.5. The van der Waals surface area contributed by atoms with Crippen molar-refractivity contribution >= 4 is 51.3 Å². The van der Waals surface area contributed by atoms with Crippen molar-refractivity contribution in [3.8, 4) is 6.07 Å². The molecule has 184 valence electrons. The zero-order chi connectivity index (χ0) is 25.1. The second-order valence-electron chi connectivity index (χ2n) is 8.75. The van der Waals surface area contributed by atoms with Crippen molar-refractivity contribution in [2.75, 3.05) is 54.4 Å². The molecule has 0 atom stereocenters. The van der Waals surface area contributed by atoms with Crippen molar-refractivity contribution in [2.24, 2.45) is 0 Å². The lowest BCUT2D eigenvalue weighted by Crippen LogP contribution is -2.46. The van der Waals surface area contributed by atoms with Gasteiger partial charge in [-0.15, -0.1) is 0 Å². The summed E-state index contributed by atoms with van der Waals surface area (Å²) in [6.45, 7) is 10.2. The number of nitrogens with one attached hydrogen (secondary N) is 2. The fourth-order valence-electron chi connectivity index (χ4n) is 4.62. The number of H-pyrrole nitrogens is 1. The number of nitrogens with zero attached hydrogens (tertiary/aromatic N) is 6. The van der Waals surface area contributed by atoms with Gasteiger partial charge in [0.1, 0.15) is 11.6 Å². The topological polar surface area (TPSA) is 87.1 Å². The summed E-state index contributed by atoms with van der Waals surface area (Å²) in [7, 11) is 0. The molecule has 1 fully saturated rings. The maximum Gasteiger partial charge on any atom is 0.229 e. The Hall–Kier alpha value is -3.80. The van der Waals surface area contributed by atoms with Crippen LogP contribution in [0, 0.1) is 11.3 Å². The average Bonchev–Trinajstić information content (AvgIpc) is 3.30. The molecular weight excluding hydrogens is 472 g/mol. The quantitative estimate of drug-likeness (QED) is 0.345. The zero-order valence-electron chi connectivity index (χ0n) is 20.5. The van der Waals surface area contributed by atoms with Crippen LogP contribution in [-0.4, -0.2) is 59.1 Å². The number of aromatic amines is 1. The molecular formula is C27H29ClN8. The highest BCUT2D eigenvalue weighted by Crippen LogP contribution is 2.32.